The van der Waals surface area contributed by atoms with E-state index in [-0.39, 0.29) is 5.38 Å². The van der Waals surface area contributed by atoms with Gasteiger partial charge in [-0.3, -0.25) is 0 Å². The Labute approximate surface area is 109 Å². The maximum absolute atomic E-state index is 6.51. The normalized spacial score (nSPS) is 18.3. The summed E-state index contributed by atoms with van der Waals surface area (Å²) in [5.41, 5.74) is 2.40. The van der Waals surface area contributed by atoms with E-state index >= 15 is 0 Å². The number of ether oxygens (including phenoxy) is 1. The molecule has 1 unspecified atom stereocenters. The summed E-state index contributed by atoms with van der Waals surface area (Å²) in [6, 6.07) is 6.28. The van der Waals surface area contributed by atoms with E-state index in [1.165, 1.54) is 36.8 Å². The molecule has 0 bridgehead atoms. The van der Waals surface area contributed by atoms with Gasteiger partial charge in [-0.15, -0.1) is 11.6 Å². The molecular formula is C15H21ClO. The van der Waals surface area contributed by atoms with Crippen molar-refractivity contribution in [2.24, 2.45) is 5.92 Å². The zero-order valence-electron chi connectivity index (χ0n) is 10.7. The summed E-state index contributed by atoms with van der Waals surface area (Å²) in [5, 5.41) is 0.155. The second-order valence-electron chi connectivity index (χ2n) is 5.08. The lowest BCUT2D eigenvalue weighted by atomic mass is 9.97. The molecule has 0 N–H and O–H groups in total. The van der Waals surface area contributed by atoms with Crippen LogP contribution >= 0.6 is 11.6 Å². The SMILES string of the molecule is COc1ccc(C(Cl)CC2CCCC2)cc1C. The highest BCUT2D eigenvalue weighted by atomic mass is 35.5. The van der Waals surface area contributed by atoms with Gasteiger partial charge in [0.2, 0.25) is 0 Å². The van der Waals surface area contributed by atoms with Gasteiger partial charge in [0.1, 0.15) is 5.75 Å². The van der Waals surface area contributed by atoms with Crippen LogP contribution in [0.2, 0.25) is 0 Å². The molecule has 17 heavy (non-hydrogen) atoms. The van der Waals surface area contributed by atoms with Gasteiger partial charge < -0.3 is 4.74 Å². The van der Waals surface area contributed by atoms with Crippen molar-refractivity contribution in [1.29, 1.82) is 0 Å². The molecule has 0 saturated heterocycles. The van der Waals surface area contributed by atoms with Crippen molar-refractivity contribution >= 4 is 11.6 Å². The fourth-order valence-corrected chi connectivity index (χ4v) is 3.16. The van der Waals surface area contributed by atoms with Crippen molar-refractivity contribution < 1.29 is 4.74 Å². The molecule has 1 atom stereocenters. The monoisotopic (exact) mass is 252 g/mol. The summed E-state index contributed by atoms with van der Waals surface area (Å²) in [7, 11) is 1.71. The van der Waals surface area contributed by atoms with Crippen LogP contribution in [-0.4, -0.2) is 7.11 Å². The average molecular weight is 253 g/mol. The Balaban J connectivity index is 2.02. The quantitative estimate of drug-likeness (QED) is 0.695. The van der Waals surface area contributed by atoms with Crippen LogP contribution in [0.5, 0.6) is 5.75 Å². The molecular weight excluding hydrogens is 232 g/mol. The Kier molecular flexibility index (Phi) is 4.33. The third kappa shape index (κ3) is 3.16. The third-order valence-electron chi connectivity index (χ3n) is 3.80. The highest BCUT2D eigenvalue weighted by Crippen LogP contribution is 2.37. The number of alkyl halides is 1. The van der Waals surface area contributed by atoms with Crippen LogP contribution < -0.4 is 4.74 Å². The highest BCUT2D eigenvalue weighted by Gasteiger charge is 2.20. The highest BCUT2D eigenvalue weighted by molar-refractivity contribution is 6.20. The Hall–Kier alpha value is -0.690. The number of hydrogen-bond donors (Lipinski definition) is 0. The molecule has 1 aromatic rings. The second-order valence-corrected chi connectivity index (χ2v) is 5.61. The molecule has 0 radical (unpaired) electrons. The number of hydrogen-bond acceptors (Lipinski definition) is 1. The molecule has 94 valence electrons. The van der Waals surface area contributed by atoms with Crippen molar-refractivity contribution in [2.75, 3.05) is 7.11 Å². The molecule has 1 aliphatic rings. The van der Waals surface area contributed by atoms with Gasteiger partial charge in [0.15, 0.2) is 0 Å². The van der Waals surface area contributed by atoms with Crippen LogP contribution in [0.3, 0.4) is 0 Å². The van der Waals surface area contributed by atoms with Gasteiger partial charge in [-0.1, -0.05) is 37.8 Å². The first-order valence-electron chi connectivity index (χ1n) is 6.49. The van der Waals surface area contributed by atoms with E-state index < -0.39 is 0 Å². The maximum Gasteiger partial charge on any atom is 0.121 e. The van der Waals surface area contributed by atoms with E-state index in [1.54, 1.807) is 7.11 Å². The summed E-state index contributed by atoms with van der Waals surface area (Å²) in [6.45, 7) is 2.07. The number of halogens is 1. The molecule has 2 heteroatoms. The lowest BCUT2D eigenvalue weighted by Gasteiger charge is -2.16. The number of rotatable bonds is 4. The smallest absolute Gasteiger partial charge is 0.121 e. The first-order chi connectivity index (χ1) is 8.20. The van der Waals surface area contributed by atoms with Crippen molar-refractivity contribution in [1.82, 2.24) is 0 Å². The fraction of sp³-hybridized carbons (Fsp3) is 0.600. The molecule has 1 fully saturated rings. The van der Waals surface area contributed by atoms with Gasteiger partial charge in [-0.05, 0) is 36.5 Å². The van der Waals surface area contributed by atoms with E-state index in [9.17, 15) is 0 Å². The van der Waals surface area contributed by atoms with Crippen LogP contribution in [0.25, 0.3) is 0 Å². The minimum absolute atomic E-state index is 0.155. The molecule has 0 aromatic heterocycles. The summed E-state index contributed by atoms with van der Waals surface area (Å²) in [4.78, 5) is 0. The maximum atomic E-state index is 6.51. The molecule has 1 saturated carbocycles. The molecule has 1 nitrogen and oxygen atoms in total. The topological polar surface area (TPSA) is 9.23 Å². The lowest BCUT2D eigenvalue weighted by molar-refractivity contribution is 0.411. The van der Waals surface area contributed by atoms with Gasteiger partial charge in [-0.2, -0.15) is 0 Å². The minimum Gasteiger partial charge on any atom is -0.496 e. The molecule has 0 amide bonds. The third-order valence-corrected chi connectivity index (χ3v) is 4.23. The first-order valence-corrected chi connectivity index (χ1v) is 6.93. The fourth-order valence-electron chi connectivity index (χ4n) is 2.77. The second kappa shape index (κ2) is 5.77. The largest absolute Gasteiger partial charge is 0.496 e. The Morgan fingerprint density at radius 3 is 2.65 bits per heavy atom. The Bertz CT molecular complexity index is 369. The molecule has 0 heterocycles. The Morgan fingerprint density at radius 1 is 1.35 bits per heavy atom. The average Bonchev–Trinajstić information content (AvgIpc) is 2.81. The van der Waals surface area contributed by atoms with Gasteiger partial charge in [0, 0.05) is 0 Å². The van der Waals surface area contributed by atoms with E-state index in [0.29, 0.717) is 0 Å². The van der Waals surface area contributed by atoms with E-state index in [4.69, 9.17) is 16.3 Å². The Morgan fingerprint density at radius 2 is 2.06 bits per heavy atom. The van der Waals surface area contributed by atoms with E-state index in [1.807, 2.05) is 6.07 Å². The number of benzene rings is 1. The molecule has 1 aromatic carbocycles. The van der Waals surface area contributed by atoms with Gasteiger partial charge in [-0.25, -0.2) is 0 Å². The van der Waals surface area contributed by atoms with Crippen LogP contribution in [0.4, 0.5) is 0 Å². The molecule has 2 rings (SSSR count). The number of methoxy groups -OCH3 is 1. The van der Waals surface area contributed by atoms with E-state index in [0.717, 1.165) is 18.1 Å². The standard InChI is InChI=1S/C15H21ClO/c1-11-9-13(7-8-15(11)17-2)14(16)10-12-5-3-4-6-12/h7-9,12,14H,3-6,10H2,1-2H3. The lowest BCUT2D eigenvalue weighted by Crippen LogP contribution is -2.00. The molecule has 0 spiro atoms. The molecule has 1 aliphatic carbocycles. The summed E-state index contributed by atoms with van der Waals surface area (Å²) in [6.07, 6.45) is 6.61. The van der Waals surface area contributed by atoms with E-state index in [2.05, 4.69) is 19.1 Å². The zero-order chi connectivity index (χ0) is 12.3. The van der Waals surface area contributed by atoms with Crippen LogP contribution in [0.15, 0.2) is 18.2 Å². The summed E-state index contributed by atoms with van der Waals surface area (Å²) in [5.74, 6) is 1.78. The summed E-state index contributed by atoms with van der Waals surface area (Å²) >= 11 is 6.51. The van der Waals surface area contributed by atoms with Crippen molar-refractivity contribution in [3.8, 4) is 5.75 Å². The number of aryl methyl sites for hydroxylation is 1. The van der Waals surface area contributed by atoms with Crippen LogP contribution in [0.1, 0.15) is 48.6 Å². The van der Waals surface area contributed by atoms with Crippen molar-refractivity contribution in [3.63, 3.8) is 0 Å². The predicted molar refractivity (Wildman–Crippen MR) is 72.9 cm³/mol. The van der Waals surface area contributed by atoms with Gasteiger partial charge in [0.05, 0.1) is 12.5 Å². The van der Waals surface area contributed by atoms with Gasteiger partial charge in [0.25, 0.3) is 0 Å². The predicted octanol–water partition coefficient (Wildman–Crippen LogP) is 4.86. The molecule has 0 aliphatic heterocycles. The first kappa shape index (κ1) is 12.8. The summed E-state index contributed by atoms with van der Waals surface area (Å²) < 4.78 is 5.27. The minimum atomic E-state index is 0.155. The zero-order valence-corrected chi connectivity index (χ0v) is 11.5. The van der Waals surface area contributed by atoms with Crippen LogP contribution in [0, 0.1) is 12.8 Å². The van der Waals surface area contributed by atoms with Gasteiger partial charge >= 0.3 is 0 Å². The van der Waals surface area contributed by atoms with Crippen molar-refractivity contribution in [3.05, 3.63) is 29.3 Å². The van der Waals surface area contributed by atoms with Crippen LogP contribution in [-0.2, 0) is 0 Å². The van der Waals surface area contributed by atoms with Crippen molar-refractivity contribution in [2.45, 2.75) is 44.4 Å².